The molecule has 0 spiro atoms. The topological polar surface area (TPSA) is 75.6 Å². The molecule has 5 heteroatoms. The summed E-state index contributed by atoms with van der Waals surface area (Å²) in [6, 6.07) is 5.03. The van der Waals surface area contributed by atoms with Gasteiger partial charge in [0.25, 0.3) is 5.91 Å². The Morgan fingerprint density at radius 2 is 2.24 bits per heavy atom. The SMILES string of the molecule is Cc1ccoc1C(=O)NCC(O)c1ccco1. The van der Waals surface area contributed by atoms with E-state index in [1.807, 2.05) is 0 Å². The van der Waals surface area contributed by atoms with Crippen molar-refractivity contribution in [1.82, 2.24) is 5.32 Å². The third kappa shape index (κ3) is 2.57. The van der Waals surface area contributed by atoms with Crippen LogP contribution in [0.1, 0.15) is 28.0 Å². The van der Waals surface area contributed by atoms with Gasteiger partial charge < -0.3 is 19.3 Å². The van der Waals surface area contributed by atoms with E-state index in [0.717, 1.165) is 5.56 Å². The van der Waals surface area contributed by atoms with Crippen LogP contribution in [0.5, 0.6) is 0 Å². The van der Waals surface area contributed by atoms with Gasteiger partial charge in [0.1, 0.15) is 11.9 Å². The average molecular weight is 235 g/mol. The number of furan rings is 2. The van der Waals surface area contributed by atoms with Crippen LogP contribution in [0, 0.1) is 6.92 Å². The second kappa shape index (κ2) is 4.88. The molecular formula is C12H13NO4. The summed E-state index contributed by atoms with van der Waals surface area (Å²) in [5.74, 6) is 0.330. The first kappa shape index (κ1) is 11.5. The molecule has 1 atom stereocenters. The molecular weight excluding hydrogens is 222 g/mol. The van der Waals surface area contributed by atoms with Gasteiger partial charge in [0, 0.05) is 5.56 Å². The lowest BCUT2D eigenvalue weighted by Crippen LogP contribution is -2.28. The van der Waals surface area contributed by atoms with E-state index in [-0.39, 0.29) is 18.2 Å². The van der Waals surface area contributed by atoms with Crippen molar-refractivity contribution < 1.29 is 18.7 Å². The van der Waals surface area contributed by atoms with Gasteiger partial charge in [-0.1, -0.05) is 0 Å². The van der Waals surface area contributed by atoms with Gasteiger partial charge in [-0.3, -0.25) is 4.79 Å². The third-order valence-corrected chi connectivity index (χ3v) is 2.40. The largest absolute Gasteiger partial charge is 0.467 e. The van der Waals surface area contributed by atoms with E-state index in [0.29, 0.717) is 5.76 Å². The molecule has 0 radical (unpaired) electrons. The third-order valence-electron chi connectivity index (χ3n) is 2.40. The molecule has 2 heterocycles. The summed E-state index contributed by atoms with van der Waals surface area (Å²) in [5.41, 5.74) is 0.759. The monoisotopic (exact) mass is 235 g/mol. The number of hydrogen-bond acceptors (Lipinski definition) is 4. The highest BCUT2D eigenvalue weighted by atomic mass is 16.4. The number of aliphatic hydroxyl groups is 1. The van der Waals surface area contributed by atoms with Gasteiger partial charge in [-0.05, 0) is 25.1 Å². The van der Waals surface area contributed by atoms with Crippen molar-refractivity contribution >= 4 is 5.91 Å². The fourth-order valence-electron chi connectivity index (χ4n) is 1.46. The van der Waals surface area contributed by atoms with Crippen LogP contribution in [0.25, 0.3) is 0 Å². The summed E-state index contributed by atoms with van der Waals surface area (Å²) in [5, 5.41) is 12.3. The number of carbonyl (C=O) groups excluding carboxylic acids is 1. The number of nitrogens with one attached hydrogen (secondary N) is 1. The average Bonchev–Trinajstić information content (AvgIpc) is 2.95. The highest BCUT2D eigenvalue weighted by Crippen LogP contribution is 2.13. The van der Waals surface area contributed by atoms with E-state index >= 15 is 0 Å². The summed E-state index contributed by atoms with van der Waals surface area (Å²) in [4.78, 5) is 11.7. The second-order valence-electron chi connectivity index (χ2n) is 3.67. The zero-order chi connectivity index (χ0) is 12.3. The molecule has 0 aromatic carbocycles. The van der Waals surface area contributed by atoms with Gasteiger partial charge in [-0.25, -0.2) is 0 Å². The lowest BCUT2D eigenvalue weighted by atomic mass is 10.2. The summed E-state index contributed by atoms with van der Waals surface area (Å²) in [7, 11) is 0. The predicted octanol–water partition coefficient (Wildman–Crippen LogP) is 1.64. The fourth-order valence-corrected chi connectivity index (χ4v) is 1.46. The van der Waals surface area contributed by atoms with E-state index in [2.05, 4.69) is 5.32 Å². The minimum Gasteiger partial charge on any atom is -0.467 e. The standard InChI is InChI=1S/C12H13NO4/c1-8-4-6-17-11(8)12(15)13-7-9(14)10-3-2-5-16-10/h2-6,9,14H,7H2,1H3,(H,13,15). The van der Waals surface area contributed by atoms with Crippen molar-refractivity contribution in [3.63, 3.8) is 0 Å². The number of aryl methyl sites for hydroxylation is 1. The maximum absolute atomic E-state index is 11.7. The van der Waals surface area contributed by atoms with Gasteiger partial charge in [-0.2, -0.15) is 0 Å². The van der Waals surface area contributed by atoms with Crippen LogP contribution in [0.4, 0.5) is 0 Å². The Morgan fingerprint density at radius 3 is 2.82 bits per heavy atom. The predicted molar refractivity (Wildman–Crippen MR) is 59.4 cm³/mol. The second-order valence-corrected chi connectivity index (χ2v) is 3.67. The van der Waals surface area contributed by atoms with E-state index in [1.54, 1.807) is 25.1 Å². The van der Waals surface area contributed by atoms with Crippen LogP contribution in [-0.4, -0.2) is 17.6 Å². The molecule has 1 unspecified atom stereocenters. The quantitative estimate of drug-likeness (QED) is 0.844. The van der Waals surface area contributed by atoms with E-state index in [4.69, 9.17) is 8.83 Å². The first-order valence-corrected chi connectivity index (χ1v) is 5.22. The molecule has 90 valence electrons. The first-order valence-electron chi connectivity index (χ1n) is 5.22. The van der Waals surface area contributed by atoms with E-state index in [1.165, 1.54) is 12.5 Å². The number of hydrogen-bond donors (Lipinski definition) is 2. The maximum atomic E-state index is 11.7. The summed E-state index contributed by atoms with van der Waals surface area (Å²) in [6.07, 6.45) is 2.06. The van der Waals surface area contributed by atoms with Gasteiger partial charge in [0.15, 0.2) is 5.76 Å². The summed E-state index contributed by atoms with van der Waals surface area (Å²) in [6.45, 7) is 1.86. The van der Waals surface area contributed by atoms with Crippen LogP contribution < -0.4 is 5.32 Å². The normalized spacial score (nSPS) is 12.4. The molecule has 0 saturated heterocycles. The Balaban J connectivity index is 1.91. The number of carbonyl (C=O) groups is 1. The van der Waals surface area contributed by atoms with Crippen LogP contribution in [0.2, 0.25) is 0 Å². The molecule has 0 bridgehead atoms. The summed E-state index contributed by atoms with van der Waals surface area (Å²) >= 11 is 0. The Morgan fingerprint density at radius 1 is 1.41 bits per heavy atom. The Bertz CT molecular complexity index is 486. The smallest absolute Gasteiger partial charge is 0.287 e. The molecule has 2 aromatic rings. The minimum atomic E-state index is -0.857. The molecule has 0 fully saturated rings. The van der Waals surface area contributed by atoms with Crippen molar-refractivity contribution in [2.45, 2.75) is 13.0 Å². The van der Waals surface area contributed by atoms with E-state index in [9.17, 15) is 9.90 Å². The van der Waals surface area contributed by atoms with Crippen molar-refractivity contribution in [3.05, 3.63) is 47.8 Å². The van der Waals surface area contributed by atoms with Gasteiger partial charge >= 0.3 is 0 Å². The van der Waals surface area contributed by atoms with Crippen LogP contribution >= 0.6 is 0 Å². The molecule has 1 amide bonds. The molecule has 0 aliphatic heterocycles. The molecule has 17 heavy (non-hydrogen) atoms. The maximum Gasteiger partial charge on any atom is 0.287 e. The highest BCUT2D eigenvalue weighted by Gasteiger charge is 2.15. The van der Waals surface area contributed by atoms with Crippen LogP contribution in [0.15, 0.2) is 39.6 Å². The highest BCUT2D eigenvalue weighted by molar-refractivity contribution is 5.92. The molecule has 5 nitrogen and oxygen atoms in total. The molecule has 2 N–H and O–H groups in total. The Kier molecular flexibility index (Phi) is 3.30. The molecule has 0 aliphatic carbocycles. The van der Waals surface area contributed by atoms with Crippen molar-refractivity contribution in [3.8, 4) is 0 Å². The van der Waals surface area contributed by atoms with Gasteiger partial charge in [0.2, 0.25) is 0 Å². The van der Waals surface area contributed by atoms with Gasteiger partial charge in [0.05, 0.1) is 19.1 Å². The molecule has 2 rings (SSSR count). The Hall–Kier alpha value is -2.01. The lowest BCUT2D eigenvalue weighted by molar-refractivity contribution is 0.0873. The van der Waals surface area contributed by atoms with Crippen molar-refractivity contribution in [2.75, 3.05) is 6.54 Å². The van der Waals surface area contributed by atoms with Crippen LogP contribution in [0.3, 0.4) is 0 Å². The van der Waals surface area contributed by atoms with Crippen molar-refractivity contribution in [1.29, 1.82) is 0 Å². The minimum absolute atomic E-state index is 0.0759. The molecule has 0 saturated carbocycles. The van der Waals surface area contributed by atoms with Crippen LogP contribution in [-0.2, 0) is 0 Å². The summed E-state index contributed by atoms with van der Waals surface area (Å²) < 4.78 is 10.0. The molecule has 2 aromatic heterocycles. The van der Waals surface area contributed by atoms with Gasteiger partial charge in [-0.15, -0.1) is 0 Å². The number of amides is 1. The van der Waals surface area contributed by atoms with E-state index < -0.39 is 6.10 Å². The Labute approximate surface area is 98.0 Å². The zero-order valence-electron chi connectivity index (χ0n) is 9.34. The number of rotatable bonds is 4. The fraction of sp³-hybridized carbons (Fsp3) is 0.250. The molecule has 0 aliphatic rings. The number of aliphatic hydroxyl groups excluding tert-OH is 1. The lowest BCUT2D eigenvalue weighted by Gasteiger charge is -2.08. The van der Waals surface area contributed by atoms with Crippen molar-refractivity contribution in [2.24, 2.45) is 0 Å². The first-order chi connectivity index (χ1) is 8.18. The zero-order valence-corrected chi connectivity index (χ0v) is 9.34.